The molecule has 6 heteroatoms. The van der Waals surface area contributed by atoms with Crippen LogP contribution < -0.4 is 10.1 Å². The third-order valence-electron chi connectivity index (χ3n) is 3.62. The predicted molar refractivity (Wildman–Crippen MR) is 87.4 cm³/mol. The fraction of sp³-hybridized carbons (Fsp3) is 0.471. The number of methoxy groups -OCH3 is 1. The summed E-state index contributed by atoms with van der Waals surface area (Å²) < 4.78 is 10.4. The molecule has 0 saturated heterocycles. The molecule has 0 aliphatic rings. The summed E-state index contributed by atoms with van der Waals surface area (Å²) in [5.74, 6) is 0.392. The summed E-state index contributed by atoms with van der Waals surface area (Å²) in [6.45, 7) is 5.01. The maximum atomic E-state index is 11.4. The molecule has 4 N–H and O–H groups in total. The molecule has 0 saturated carbocycles. The number of aliphatic hydroxyl groups is 1. The summed E-state index contributed by atoms with van der Waals surface area (Å²) in [4.78, 5) is 14.6. The topological polar surface area (TPSA) is 88.2 Å². The van der Waals surface area contributed by atoms with Crippen molar-refractivity contribution in [1.29, 1.82) is 0 Å². The highest BCUT2D eigenvalue weighted by Crippen LogP contribution is 2.24. The summed E-state index contributed by atoms with van der Waals surface area (Å²) >= 11 is 0. The van der Waals surface area contributed by atoms with E-state index < -0.39 is 6.10 Å². The van der Waals surface area contributed by atoms with Crippen LogP contribution in [0.5, 0.6) is 5.75 Å². The second-order valence-corrected chi connectivity index (χ2v) is 5.95. The van der Waals surface area contributed by atoms with Crippen molar-refractivity contribution in [1.82, 2.24) is 4.98 Å². The quantitative estimate of drug-likeness (QED) is 0.621. The Bertz CT molecular complexity index is 651. The zero-order valence-electron chi connectivity index (χ0n) is 13.8. The van der Waals surface area contributed by atoms with Gasteiger partial charge in [0.05, 0.1) is 19.6 Å². The first kappa shape index (κ1) is 17.3. The molecule has 1 unspecified atom stereocenters. The van der Waals surface area contributed by atoms with Crippen LogP contribution in [-0.2, 0) is 16.0 Å². The highest BCUT2D eigenvalue weighted by Gasteiger charge is 2.12. The predicted octanol–water partition coefficient (Wildman–Crippen LogP) is 0.595. The van der Waals surface area contributed by atoms with Gasteiger partial charge in [-0.05, 0) is 37.6 Å². The zero-order valence-corrected chi connectivity index (χ0v) is 13.8. The number of benzene rings is 1. The largest absolute Gasteiger partial charge is 0.491 e. The van der Waals surface area contributed by atoms with E-state index >= 15 is 0 Å². The Labute approximate surface area is 135 Å². The molecule has 0 aliphatic heterocycles. The van der Waals surface area contributed by atoms with Crippen molar-refractivity contribution in [3.63, 3.8) is 0 Å². The van der Waals surface area contributed by atoms with Gasteiger partial charge in [0, 0.05) is 17.1 Å². The van der Waals surface area contributed by atoms with Crippen molar-refractivity contribution >= 4 is 16.9 Å². The number of carbonyl (C=O) groups is 1. The third-order valence-corrected chi connectivity index (χ3v) is 3.62. The molecule has 0 spiro atoms. The Balaban J connectivity index is 2.01. The van der Waals surface area contributed by atoms with Gasteiger partial charge >= 0.3 is 5.97 Å². The molecule has 1 aromatic carbocycles. The molecular weight excluding hydrogens is 296 g/mol. The van der Waals surface area contributed by atoms with Crippen LogP contribution in [0.3, 0.4) is 0 Å². The average Bonchev–Trinajstić information content (AvgIpc) is 2.93. The highest BCUT2D eigenvalue weighted by molar-refractivity contribution is 5.88. The Morgan fingerprint density at radius 1 is 1.39 bits per heavy atom. The van der Waals surface area contributed by atoms with Gasteiger partial charge in [0.1, 0.15) is 25.0 Å². The minimum atomic E-state index is -0.520. The highest BCUT2D eigenvalue weighted by atomic mass is 16.5. The van der Waals surface area contributed by atoms with Crippen molar-refractivity contribution < 1.29 is 24.7 Å². The molecule has 2 rings (SSSR count). The number of carbonyl (C=O) groups excluding carboxylic acids is 1. The number of rotatable bonds is 8. The monoisotopic (exact) mass is 321 g/mol. The number of fused-ring (bicyclic) bond motifs is 1. The first-order chi connectivity index (χ1) is 11.0. The molecule has 0 bridgehead atoms. The van der Waals surface area contributed by atoms with Gasteiger partial charge in [0.15, 0.2) is 0 Å². The van der Waals surface area contributed by atoms with E-state index in [2.05, 4.69) is 24.1 Å². The molecule has 1 heterocycles. The summed E-state index contributed by atoms with van der Waals surface area (Å²) in [6, 6.07) is 6.07. The first-order valence-corrected chi connectivity index (χ1v) is 7.80. The minimum absolute atomic E-state index is 0.214. The SMILES string of the molecule is COC(=O)Cc1c[nH]c2ccc(OCC(O)C[NH2+]C(C)C)cc12. The number of aromatic nitrogens is 1. The zero-order chi connectivity index (χ0) is 16.8. The molecule has 1 atom stereocenters. The average molecular weight is 321 g/mol. The van der Waals surface area contributed by atoms with Crippen LogP contribution in [0.1, 0.15) is 19.4 Å². The lowest BCUT2D eigenvalue weighted by atomic mass is 10.1. The van der Waals surface area contributed by atoms with E-state index in [0.717, 1.165) is 16.5 Å². The van der Waals surface area contributed by atoms with E-state index in [1.54, 1.807) is 6.20 Å². The van der Waals surface area contributed by atoms with E-state index in [4.69, 9.17) is 9.47 Å². The maximum absolute atomic E-state index is 11.4. The normalized spacial score (nSPS) is 12.6. The Hall–Kier alpha value is -2.05. The lowest BCUT2D eigenvalue weighted by molar-refractivity contribution is -0.688. The Morgan fingerprint density at radius 2 is 2.17 bits per heavy atom. The second kappa shape index (κ2) is 7.99. The van der Waals surface area contributed by atoms with Crippen LogP contribution in [0.25, 0.3) is 10.9 Å². The molecule has 126 valence electrons. The second-order valence-electron chi connectivity index (χ2n) is 5.95. The van der Waals surface area contributed by atoms with E-state index in [1.807, 2.05) is 18.2 Å². The molecule has 0 fully saturated rings. The standard InChI is InChI=1S/C17H24N2O4/c1-11(2)18-9-13(20)10-23-14-4-5-16-15(7-14)12(8-19-16)6-17(21)22-3/h4-5,7-8,11,13,18-20H,6,9-10H2,1-3H3/p+1. The lowest BCUT2D eigenvalue weighted by Crippen LogP contribution is -2.90. The van der Waals surface area contributed by atoms with Gasteiger partial charge in [0.2, 0.25) is 0 Å². The molecule has 2 aromatic rings. The van der Waals surface area contributed by atoms with Crippen LogP contribution in [0.2, 0.25) is 0 Å². The molecule has 0 aliphatic carbocycles. The summed E-state index contributed by atoms with van der Waals surface area (Å²) in [7, 11) is 1.38. The van der Waals surface area contributed by atoms with Crippen LogP contribution in [0.15, 0.2) is 24.4 Å². The molecule has 6 nitrogen and oxygen atoms in total. The van der Waals surface area contributed by atoms with Crippen LogP contribution in [-0.4, -0.2) is 48.5 Å². The smallest absolute Gasteiger partial charge is 0.310 e. The number of esters is 1. The number of hydrogen-bond donors (Lipinski definition) is 3. The van der Waals surface area contributed by atoms with E-state index in [9.17, 15) is 9.90 Å². The van der Waals surface area contributed by atoms with Gasteiger partial charge in [-0.15, -0.1) is 0 Å². The van der Waals surface area contributed by atoms with Gasteiger partial charge in [-0.1, -0.05) is 0 Å². The summed E-state index contributed by atoms with van der Waals surface area (Å²) in [5, 5.41) is 12.9. The molecular formula is C17H25N2O4+. The van der Waals surface area contributed by atoms with Crippen molar-refractivity contribution in [2.24, 2.45) is 0 Å². The van der Waals surface area contributed by atoms with Gasteiger partial charge in [-0.25, -0.2) is 0 Å². The van der Waals surface area contributed by atoms with Gasteiger partial charge in [-0.2, -0.15) is 0 Å². The number of hydrogen-bond acceptors (Lipinski definition) is 4. The maximum Gasteiger partial charge on any atom is 0.310 e. The van der Waals surface area contributed by atoms with E-state index in [-0.39, 0.29) is 19.0 Å². The van der Waals surface area contributed by atoms with Crippen LogP contribution in [0.4, 0.5) is 0 Å². The van der Waals surface area contributed by atoms with Crippen molar-refractivity contribution in [3.05, 3.63) is 30.0 Å². The number of ether oxygens (including phenoxy) is 2. The van der Waals surface area contributed by atoms with Crippen molar-refractivity contribution in [3.8, 4) is 5.75 Å². The van der Waals surface area contributed by atoms with Gasteiger partial charge < -0.3 is 24.9 Å². The van der Waals surface area contributed by atoms with Crippen LogP contribution >= 0.6 is 0 Å². The molecule has 1 aromatic heterocycles. The lowest BCUT2D eigenvalue weighted by Gasteiger charge is -2.13. The number of aliphatic hydroxyl groups excluding tert-OH is 1. The van der Waals surface area contributed by atoms with Crippen molar-refractivity contribution in [2.75, 3.05) is 20.3 Å². The fourth-order valence-corrected chi connectivity index (χ4v) is 2.31. The number of aromatic amines is 1. The minimum Gasteiger partial charge on any atom is -0.491 e. The number of H-pyrrole nitrogens is 1. The van der Waals surface area contributed by atoms with E-state index in [1.165, 1.54) is 7.11 Å². The van der Waals surface area contributed by atoms with E-state index in [0.29, 0.717) is 18.3 Å². The number of nitrogens with two attached hydrogens (primary N) is 1. The van der Waals surface area contributed by atoms with Gasteiger partial charge in [-0.3, -0.25) is 4.79 Å². The fourth-order valence-electron chi connectivity index (χ4n) is 2.31. The first-order valence-electron chi connectivity index (χ1n) is 7.80. The Kier molecular flexibility index (Phi) is 6.01. The summed E-state index contributed by atoms with van der Waals surface area (Å²) in [6.07, 6.45) is 1.50. The number of quaternary nitrogens is 1. The number of nitrogens with one attached hydrogen (secondary N) is 1. The summed E-state index contributed by atoms with van der Waals surface area (Å²) in [5.41, 5.74) is 1.80. The molecule has 23 heavy (non-hydrogen) atoms. The van der Waals surface area contributed by atoms with Gasteiger partial charge in [0.25, 0.3) is 0 Å². The Morgan fingerprint density at radius 3 is 2.87 bits per heavy atom. The molecule has 0 radical (unpaired) electrons. The van der Waals surface area contributed by atoms with Crippen LogP contribution in [0, 0.1) is 0 Å². The molecule has 0 amide bonds. The third kappa shape index (κ3) is 4.97. The van der Waals surface area contributed by atoms with Crippen molar-refractivity contribution in [2.45, 2.75) is 32.4 Å².